The lowest BCUT2D eigenvalue weighted by Gasteiger charge is -2.04. The maximum atomic E-state index is 11.5. The summed E-state index contributed by atoms with van der Waals surface area (Å²) in [4.78, 5) is 27.9. The Hall–Kier alpha value is -3.23. The molecule has 0 unspecified atom stereocenters. The molecule has 20 heavy (non-hydrogen) atoms. The third-order valence-electron chi connectivity index (χ3n) is 2.28. The van der Waals surface area contributed by atoms with E-state index in [1.807, 2.05) is 0 Å². The minimum Gasteiger partial charge on any atom is -0.545 e. The number of rotatable bonds is 3. The Morgan fingerprint density at radius 1 is 1.35 bits per heavy atom. The van der Waals surface area contributed by atoms with Crippen molar-refractivity contribution in [3.8, 4) is 5.88 Å². The standard InChI is InChI=1S/C11H9N5O4/c12-11-13-8(17)7(9(18)14-11)16-15-6-4-2-1-3-5(6)10(19)20/h1-4H,(H,19,20)(H4,12,13,14,17,18)/p-1. The van der Waals surface area contributed by atoms with Gasteiger partial charge in [0.25, 0.3) is 5.56 Å². The summed E-state index contributed by atoms with van der Waals surface area (Å²) >= 11 is 0. The Bertz CT molecular complexity index is 753. The van der Waals surface area contributed by atoms with Gasteiger partial charge in [-0.15, -0.1) is 10.2 Å². The van der Waals surface area contributed by atoms with Crippen LogP contribution in [0.1, 0.15) is 10.4 Å². The van der Waals surface area contributed by atoms with Crippen LogP contribution >= 0.6 is 0 Å². The van der Waals surface area contributed by atoms with Crippen molar-refractivity contribution in [1.29, 1.82) is 0 Å². The molecule has 2 rings (SSSR count). The van der Waals surface area contributed by atoms with Crippen molar-refractivity contribution in [1.82, 2.24) is 9.97 Å². The summed E-state index contributed by atoms with van der Waals surface area (Å²) in [5.74, 6) is -2.42. The van der Waals surface area contributed by atoms with Crippen LogP contribution in [0.25, 0.3) is 0 Å². The molecular formula is C11H8N5O4-. The molecule has 0 saturated carbocycles. The summed E-state index contributed by atoms with van der Waals surface area (Å²) in [5, 5.41) is 27.4. The van der Waals surface area contributed by atoms with Gasteiger partial charge in [0, 0.05) is 5.56 Å². The fraction of sp³-hybridized carbons (Fsp3) is 0. The molecule has 0 saturated heterocycles. The van der Waals surface area contributed by atoms with E-state index in [0.29, 0.717) is 0 Å². The highest BCUT2D eigenvalue weighted by atomic mass is 16.4. The molecule has 0 aliphatic rings. The maximum absolute atomic E-state index is 11.5. The number of azo groups is 1. The van der Waals surface area contributed by atoms with E-state index in [2.05, 4.69) is 20.2 Å². The smallest absolute Gasteiger partial charge is 0.284 e. The molecule has 0 radical (unpaired) electrons. The summed E-state index contributed by atoms with van der Waals surface area (Å²) in [6.07, 6.45) is 0. The summed E-state index contributed by atoms with van der Waals surface area (Å²) in [6.45, 7) is 0. The van der Waals surface area contributed by atoms with E-state index in [-0.39, 0.29) is 17.2 Å². The normalized spacial score (nSPS) is 10.8. The highest BCUT2D eigenvalue weighted by Crippen LogP contribution is 2.24. The monoisotopic (exact) mass is 274 g/mol. The van der Waals surface area contributed by atoms with Crippen LogP contribution in [0, 0.1) is 0 Å². The number of aromatic hydroxyl groups is 1. The lowest BCUT2D eigenvalue weighted by Crippen LogP contribution is -2.22. The number of hydrogen-bond acceptors (Lipinski definition) is 8. The number of carboxylic acid groups (broad SMARTS) is 1. The average Bonchev–Trinajstić information content (AvgIpc) is 2.37. The zero-order valence-electron chi connectivity index (χ0n) is 9.90. The van der Waals surface area contributed by atoms with E-state index in [9.17, 15) is 19.8 Å². The number of carbonyl (C=O) groups excluding carboxylic acids is 1. The van der Waals surface area contributed by atoms with Crippen LogP contribution in [-0.4, -0.2) is 21.0 Å². The van der Waals surface area contributed by atoms with Gasteiger partial charge in [-0.05, 0) is 6.07 Å². The minimum absolute atomic E-state index is 0.0249. The molecule has 0 fully saturated rings. The minimum atomic E-state index is -1.44. The van der Waals surface area contributed by atoms with Gasteiger partial charge in [0.15, 0.2) is 0 Å². The largest absolute Gasteiger partial charge is 0.545 e. The molecule has 2 aromatic rings. The van der Waals surface area contributed by atoms with Gasteiger partial charge in [-0.1, -0.05) is 18.2 Å². The highest BCUT2D eigenvalue weighted by Gasteiger charge is 2.09. The third-order valence-corrected chi connectivity index (χ3v) is 2.28. The van der Waals surface area contributed by atoms with E-state index >= 15 is 0 Å². The second kappa shape index (κ2) is 5.18. The first-order valence-electron chi connectivity index (χ1n) is 5.30. The Balaban J connectivity index is 2.46. The van der Waals surface area contributed by atoms with Gasteiger partial charge in [-0.2, -0.15) is 4.98 Å². The number of aromatic carboxylic acids is 1. The first-order valence-corrected chi connectivity index (χ1v) is 5.30. The first kappa shape index (κ1) is 13.2. The summed E-state index contributed by atoms with van der Waals surface area (Å²) < 4.78 is 0. The zero-order chi connectivity index (χ0) is 14.7. The molecule has 0 spiro atoms. The predicted octanol–water partition coefficient (Wildman–Crippen LogP) is -0.163. The third kappa shape index (κ3) is 2.61. The molecule has 9 nitrogen and oxygen atoms in total. The molecule has 1 aromatic carbocycles. The number of nitrogens with zero attached hydrogens (tertiary/aromatic N) is 3. The molecular weight excluding hydrogens is 266 g/mol. The van der Waals surface area contributed by atoms with Crippen molar-refractivity contribution in [2.24, 2.45) is 10.2 Å². The number of aromatic amines is 1. The topological polar surface area (TPSA) is 157 Å². The number of aromatic nitrogens is 2. The number of hydrogen-bond donors (Lipinski definition) is 3. The van der Waals surface area contributed by atoms with Crippen LogP contribution < -0.4 is 16.4 Å². The van der Waals surface area contributed by atoms with Crippen LogP contribution in [0.3, 0.4) is 0 Å². The fourth-order valence-corrected chi connectivity index (χ4v) is 1.40. The summed E-state index contributed by atoms with van der Waals surface area (Å²) in [6, 6.07) is 5.66. The van der Waals surface area contributed by atoms with Gasteiger partial charge < -0.3 is 20.7 Å². The van der Waals surface area contributed by atoms with Gasteiger partial charge in [0.1, 0.15) is 0 Å². The van der Waals surface area contributed by atoms with Crippen molar-refractivity contribution in [3.05, 3.63) is 40.2 Å². The number of nitrogens with two attached hydrogens (primary N) is 1. The van der Waals surface area contributed by atoms with E-state index < -0.39 is 23.1 Å². The fourth-order valence-electron chi connectivity index (χ4n) is 1.40. The zero-order valence-corrected chi connectivity index (χ0v) is 9.90. The lowest BCUT2D eigenvalue weighted by molar-refractivity contribution is -0.254. The van der Waals surface area contributed by atoms with Gasteiger partial charge in [0.2, 0.25) is 17.5 Å². The SMILES string of the molecule is Nc1nc(O)c(N=Nc2ccccc2C(=O)[O-])c(=O)[nH]1. The molecule has 1 heterocycles. The molecule has 0 aliphatic carbocycles. The second-order valence-electron chi connectivity index (χ2n) is 3.63. The van der Waals surface area contributed by atoms with Crippen LogP contribution in [0.4, 0.5) is 17.3 Å². The Labute approximate surface area is 111 Å². The number of nitrogen functional groups attached to an aromatic ring is 1. The van der Waals surface area contributed by atoms with Crippen molar-refractivity contribution < 1.29 is 15.0 Å². The molecule has 0 atom stereocenters. The first-order chi connectivity index (χ1) is 9.49. The molecule has 9 heteroatoms. The molecule has 102 valence electrons. The number of anilines is 1. The molecule has 0 aliphatic heterocycles. The van der Waals surface area contributed by atoms with Crippen molar-refractivity contribution in [2.75, 3.05) is 5.73 Å². The number of carbonyl (C=O) groups is 1. The van der Waals surface area contributed by atoms with Crippen LogP contribution in [0.15, 0.2) is 39.3 Å². The number of nitrogens with one attached hydrogen (secondary N) is 1. The van der Waals surface area contributed by atoms with Crippen LogP contribution in [0.5, 0.6) is 5.88 Å². The van der Waals surface area contributed by atoms with Gasteiger partial charge in [-0.3, -0.25) is 9.78 Å². The van der Waals surface area contributed by atoms with Crippen molar-refractivity contribution in [3.63, 3.8) is 0 Å². The number of H-pyrrole nitrogens is 1. The molecule has 1 aromatic heterocycles. The molecule has 0 amide bonds. The highest BCUT2D eigenvalue weighted by molar-refractivity contribution is 5.91. The van der Waals surface area contributed by atoms with Crippen molar-refractivity contribution in [2.45, 2.75) is 0 Å². The van der Waals surface area contributed by atoms with Gasteiger partial charge in [0.05, 0.1) is 11.7 Å². The number of benzene rings is 1. The van der Waals surface area contributed by atoms with Gasteiger partial charge in [-0.25, -0.2) is 0 Å². The van der Waals surface area contributed by atoms with Gasteiger partial charge >= 0.3 is 0 Å². The second-order valence-corrected chi connectivity index (χ2v) is 3.63. The molecule has 4 N–H and O–H groups in total. The maximum Gasteiger partial charge on any atom is 0.284 e. The van der Waals surface area contributed by atoms with Crippen LogP contribution in [0.2, 0.25) is 0 Å². The summed E-state index contributed by atoms with van der Waals surface area (Å²) in [5.41, 5.74) is 3.71. The summed E-state index contributed by atoms with van der Waals surface area (Å²) in [7, 11) is 0. The predicted molar refractivity (Wildman–Crippen MR) is 65.9 cm³/mol. The molecule has 0 bridgehead atoms. The average molecular weight is 274 g/mol. The Kier molecular flexibility index (Phi) is 3.42. The van der Waals surface area contributed by atoms with E-state index in [1.54, 1.807) is 0 Å². The number of carboxylic acids is 1. The van der Waals surface area contributed by atoms with Crippen LogP contribution in [-0.2, 0) is 0 Å². The van der Waals surface area contributed by atoms with E-state index in [0.717, 1.165) is 0 Å². The quantitative estimate of drug-likeness (QED) is 0.659. The van der Waals surface area contributed by atoms with E-state index in [1.165, 1.54) is 24.3 Å². The Morgan fingerprint density at radius 3 is 2.70 bits per heavy atom. The Morgan fingerprint density at radius 2 is 2.05 bits per heavy atom. The lowest BCUT2D eigenvalue weighted by atomic mass is 10.2. The van der Waals surface area contributed by atoms with E-state index in [4.69, 9.17) is 5.73 Å². The van der Waals surface area contributed by atoms with Crippen molar-refractivity contribution >= 4 is 23.3 Å².